The maximum atomic E-state index is 9.03. The van der Waals surface area contributed by atoms with Crippen LogP contribution in [0.1, 0.15) is 24.8 Å². The van der Waals surface area contributed by atoms with Crippen molar-refractivity contribution in [3.63, 3.8) is 0 Å². The highest BCUT2D eigenvalue weighted by atomic mass is 16.5. The summed E-state index contributed by atoms with van der Waals surface area (Å²) in [5.74, 6) is 0.686. The molecule has 1 aliphatic heterocycles. The Kier molecular flexibility index (Phi) is 4.19. The molecule has 4 nitrogen and oxygen atoms in total. The summed E-state index contributed by atoms with van der Waals surface area (Å²) in [6, 6.07) is 10.1. The first-order valence-electron chi connectivity index (χ1n) is 7.36. The number of ether oxygens (including phenoxy) is 2. The Balaban J connectivity index is 1.53. The average Bonchev–Trinajstić information content (AvgIpc) is 2.97. The van der Waals surface area contributed by atoms with E-state index < -0.39 is 0 Å². The number of nitrogens with zero attached hydrogens (tertiary/aromatic N) is 2. The van der Waals surface area contributed by atoms with E-state index >= 15 is 0 Å². The van der Waals surface area contributed by atoms with Crippen molar-refractivity contribution < 1.29 is 9.47 Å². The van der Waals surface area contributed by atoms with Gasteiger partial charge >= 0.3 is 0 Å². The number of para-hydroxylation sites is 1. The zero-order chi connectivity index (χ0) is 13.8. The molecule has 0 N–H and O–H groups in total. The van der Waals surface area contributed by atoms with Crippen molar-refractivity contribution in [2.45, 2.75) is 31.4 Å². The molecule has 3 rings (SSSR count). The zero-order valence-electron chi connectivity index (χ0n) is 11.6. The number of nitriles is 1. The van der Waals surface area contributed by atoms with Gasteiger partial charge in [0.25, 0.3) is 0 Å². The lowest BCUT2D eigenvalue weighted by Crippen LogP contribution is -2.49. The molecular formula is C16H20N2O2. The SMILES string of the molecule is N#Cc1ccccc1OCCN1CCOC2CCCC21. The molecule has 2 fully saturated rings. The third kappa shape index (κ3) is 2.79. The van der Waals surface area contributed by atoms with Gasteiger partial charge in [0.1, 0.15) is 18.4 Å². The molecule has 4 heteroatoms. The van der Waals surface area contributed by atoms with Gasteiger partial charge in [-0.15, -0.1) is 0 Å². The maximum absolute atomic E-state index is 9.03. The van der Waals surface area contributed by atoms with Crippen molar-refractivity contribution in [3.05, 3.63) is 29.8 Å². The molecule has 20 heavy (non-hydrogen) atoms. The van der Waals surface area contributed by atoms with Crippen molar-refractivity contribution in [1.29, 1.82) is 5.26 Å². The summed E-state index contributed by atoms with van der Waals surface area (Å²) in [6.45, 7) is 3.35. The summed E-state index contributed by atoms with van der Waals surface area (Å²) < 4.78 is 11.6. The maximum Gasteiger partial charge on any atom is 0.137 e. The summed E-state index contributed by atoms with van der Waals surface area (Å²) in [6.07, 6.45) is 4.12. The summed E-state index contributed by atoms with van der Waals surface area (Å²) in [5, 5.41) is 9.03. The van der Waals surface area contributed by atoms with Crippen LogP contribution in [0, 0.1) is 11.3 Å². The summed E-state index contributed by atoms with van der Waals surface area (Å²) in [7, 11) is 0. The lowest BCUT2D eigenvalue weighted by molar-refractivity contribution is -0.0583. The molecular weight excluding hydrogens is 252 g/mol. The van der Waals surface area contributed by atoms with E-state index in [1.807, 2.05) is 18.2 Å². The van der Waals surface area contributed by atoms with Crippen LogP contribution in [-0.2, 0) is 4.74 Å². The van der Waals surface area contributed by atoms with E-state index in [9.17, 15) is 0 Å². The normalized spacial score (nSPS) is 25.9. The molecule has 1 saturated carbocycles. The van der Waals surface area contributed by atoms with Crippen molar-refractivity contribution in [1.82, 2.24) is 4.90 Å². The summed E-state index contributed by atoms with van der Waals surface area (Å²) in [5.41, 5.74) is 0.605. The first-order chi connectivity index (χ1) is 9.88. The predicted octanol–water partition coefficient (Wildman–Crippen LogP) is 2.19. The Bertz CT molecular complexity index is 497. The molecule has 1 aromatic rings. The van der Waals surface area contributed by atoms with Crippen LogP contribution < -0.4 is 4.74 Å². The van der Waals surface area contributed by atoms with Gasteiger partial charge in [-0.3, -0.25) is 4.90 Å². The van der Waals surface area contributed by atoms with Crippen LogP contribution in [0.25, 0.3) is 0 Å². The van der Waals surface area contributed by atoms with Crippen molar-refractivity contribution >= 4 is 0 Å². The third-order valence-corrected chi connectivity index (χ3v) is 4.24. The topological polar surface area (TPSA) is 45.5 Å². The highest BCUT2D eigenvalue weighted by Crippen LogP contribution is 2.29. The number of fused-ring (bicyclic) bond motifs is 1. The van der Waals surface area contributed by atoms with Gasteiger partial charge in [0, 0.05) is 19.1 Å². The fourth-order valence-electron chi connectivity index (χ4n) is 3.24. The van der Waals surface area contributed by atoms with Crippen molar-refractivity contribution in [2.24, 2.45) is 0 Å². The zero-order valence-corrected chi connectivity index (χ0v) is 11.6. The molecule has 2 atom stereocenters. The predicted molar refractivity (Wildman–Crippen MR) is 75.6 cm³/mol. The minimum Gasteiger partial charge on any atom is -0.491 e. The van der Waals surface area contributed by atoms with E-state index in [-0.39, 0.29) is 0 Å². The molecule has 0 spiro atoms. The quantitative estimate of drug-likeness (QED) is 0.843. The molecule has 0 bridgehead atoms. The molecule has 1 heterocycles. The molecule has 1 aromatic carbocycles. The highest BCUT2D eigenvalue weighted by Gasteiger charge is 2.35. The standard InChI is InChI=1S/C16H20N2O2/c17-12-13-4-1-2-6-15(13)19-10-8-18-9-11-20-16-7-3-5-14(16)18/h1-2,4,6,14,16H,3,5,7-11H2. The summed E-state index contributed by atoms with van der Waals surface area (Å²) >= 11 is 0. The van der Waals surface area contributed by atoms with Gasteiger partial charge in [-0.25, -0.2) is 0 Å². The van der Waals surface area contributed by atoms with Crippen molar-refractivity contribution in [2.75, 3.05) is 26.3 Å². The fourth-order valence-corrected chi connectivity index (χ4v) is 3.24. The first kappa shape index (κ1) is 13.4. The molecule has 0 radical (unpaired) electrons. The lowest BCUT2D eigenvalue weighted by atomic mass is 10.1. The monoisotopic (exact) mass is 272 g/mol. The van der Waals surface area contributed by atoms with E-state index in [0.717, 1.165) is 19.7 Å². The number of hydrogen-bond acceptors (Lipinski definition) is 4. The van der Waals surface area contributed by atoms with E-state index in [4.69, 9.17) is 14.7 Å². The fraction of sp³-hybridized carbons (Fsp3) is 0.562. The Morgan fingerprint density at radius 2 is 2.25 bits per heavy atom. The molecule has 1 saturated heterocycles. The summed E-state index contributed by atoms with van der Waals surface area (Å²) in [4.78, 5) is 2.48. The Labute approximate surface area is 119 Å². The van der Waals surface area contributed by atoms with Gasteiger partial charge < -0.3 is 9.47 Å². The Morgan fingerprint density at radius 3 is 3.15 bits per heavy atom. The third-order valence-electron chi connectivity index (χ3n) is 4.24. The molecule has 1 aliphatic carbocycles. The minimum absolute atomic E-state index is 0.426. The lowest BCUT2D eigenvalue weighted by Gasteiger charge is -2.37. The highest BCUT2D eigenvalue weighted by molar-refractivity contribution is 5.42. The number of hydrogen-bond donors (Lipinski definition) is 0. The second-order valence-corrected chi connectivity index (χ2v) is 5.40. The van der Waals surface area contributed by atoms with Crippen LogP contribution in [-0.4, -0.2) is 43.3 Å². The second-order valence-electron chi connectivity index (χ2n) is 5.40. The van der Waals surface area contributed by atoms with E-state index in [1.165, 1.54) is 19.3 Å². The van der Waals surface area contributed by atoms with E-state index in [0.29, 0.717) is 30.1 Å². The van der Waals surface area contributed by atoms with Gasteiger partial charge in [-0.1, -0.05) is 12.1 Å². The van der Waals surface area contributed by atoms with Crippen molar-refractivity contribution in [3.8, 4) is 11.8 Å². The number of morpholine rings is 1. The minimum atomic E-state index is 0.426. The number of benzene rings is 1. The van der Waals surface area contributed by atoms with Crippen LogP contribution in [0.5, 0.6) is 5.75 Å². The van der Waals surface area contributed by atoms with Gasteiger partial charge in [-0.2, -0.15) is 5.26 Å². The van der Waals surface area contributed by atoms with Gasteiger partial charge in [-0.05, 0) is 31.4 Å². The largest absolute Gasteiger partial charge is 0.491 e. The van der Waals surface area contributed by atoms with Gasteiger partial charge in [0.15, 0.2) is 0 Å². The molecule has 106 valence electrons. The van der Waals surface area contributed by atoms with Crippen LogP contribution in [0.15, 0.2) is 24.3 Å². The first-order valence-corrected chi connectivity index (χ1v) is 7.36. The average molecular weight is 272 g/mol. The molecule has 0 aromatic heterocycles. The Morgan fingerprint density at radius 1 is 1.35 bits per heavy atom. The van der Waals surface area contributed by atoms with Crippen LogP contribution >= 0.6 is 0 Å². The molecule has 0 amide bonds. The second kappa shape index (κ2) is 6.25. The van der Waals surface area contributed by atoms with Gasteiger partial charge in [0.2, 0.25) is 0 Å². The van der Waals surface area contributed by atoms with E-state index in [1.54, 1.807) is 6.07 Å². The van der Waals surface area contributed by atoms with Crippen LogP contribution in [0.4, 0.5) is 0 Å². The van der Waals surface area contributed by atoms with Gasteiger partial charge in [0.05, 0.1) is 18.3 Å². The van der Waals surface area contributed by atoms with Crippen LogP contribution in [0.2, 0.25) is 0 Å². The smallest absolute Gasteiger partial charge is 0.137 e. The Hall–Kier alpha value is -1.57. The molecule has 2 aliphatic rings. The van der Waals surface area contributed by atoms with E-state index in [2.05, 4.69) is 11.0 Å². The number of rotatable bonds is 4. The van der Waals surface area contributed by atoms with Crippen LogP contribution in [0.3, 0.4) is 0 Å². The molecule has 2 unspecified atom stereocenters.